The van der Waals surface area contributed by atoms with E-state index in [9.17, 15) is 28.1 Å². The maximum Gasteiger partial charge on any atom is 0.416 e. The summed E-state index contributed by atoms with van der Waals surface area (Å²) in [5.74, 6) is -0.613. The van der Waals surface area contributed by atoms with Gasteiger partial charge in [-0.2, -0.15) is 13.2 Å². The number of hydrogen-bond donors (Lipinski definition) is 1. The first-order chi connectivity index (χ1) is 13.2. The van der Waals surface area contributed by atoms with E-state index in [2.05, 4.69) is 15.3 Å². The van der Waals surface area contributed by atoms with Gasteiger partial charge in [0.15, 0.2) is 5.01 Å². The van der Waals surface area contributed by atoms with Gasteiger partial charge >= 0.3 is 6.18 Å². The van der Waals surface area contributed by atoms with Gasteiger partial charge in [0.25, 0.3) is 11.6 Å². The summed E-state index contributed by atoms with van der Waals surface area (Å²) >= 11 is 0.681. The molecular weight excluding hydrogens is 397 g/mol. The largest absolute Gasteiger partial charge is 0.416 e. The molecule has 146 valence electrons. The van der Waals surface area contributed by atoms with E-state index >= 15 is 0 Å². The number of carbonyl (C=O) groups is 1. The molecule has 2 heterocycles. The highest BCUT2D eigenvalue weighted by atomic mass is 32.1. The van der Waals surface area contributed by atoms with E-state index < -0.39 is 28.3 Å². The molecule has 2 aromatic heterocycles. The fraction of sp³-hybridized carbons (Fsp3) is 0.235. The van der Waals surface area contributed by atoms with E-state index in [0.29, 0.717) is 29.9 Å². The molecule has 0 aliphatic rings. The number of thiazole rings is 1. The number of nitro benzene ring substituents is 1. The normalized spacial score (nSPS) is 11.6. The summed E-state index contributed by atoms with van der Waals surface area (Å²) in [7, 11) is 0. The number of amides is 1. The van der Waals surface area contributed by atoms with Crippen molar-refractivity contribution in [3.05, 3.63) is 62.4 Å². The number of pyridine rings is 1. The molecule has 7 nitrogen and oxygen atoms in total. The first kappa shape index (κ1) is 19.7. The minimum atomic E-state index is -4.76. The number of non-ortho nitro benzene ring substituents is 1. The second kappa shape index (κ2) is 7.50. The summed E-state index contributed by atoms with van der Waals surface area (Å²) in [6, 6.07) is 4.83. The fourth-order valence-electron chi connectivity index (χ4n) is 2.56. The predicted molar refractivity (Wildman–Crippen MR) is 96.3 cm³/mol. The average molecular weight is 410 g/mol. The number of nitro groups is 1. The maximum atomic E-state index is 13.0. The summed E-state index contributed by atoms with van der Waals surface area (Å²) in [5, 5.41) is 13.6. The third-order valence-electron chi connectivity index (χ3n) is 3.95. The third-order valence-corrected chi connectivity index (χ3v) is 5.05. The van der Waals surface area contributed by atoms with Gasteiger partial charge in [-0.15, -0.1) is 11.3 Å². The van der Waals surface area contributed by atoms with Gasteiger partial charge in [-0.3, -0.25) is 19.9 Å². The highest BCUT2D eigenvalue weighted by Crippen LogP contribution is 2.38. The van der Waals surface area contributed by atoms with Crippen LogP contribution in [0.3, 0.4) is 0 Å². The quantitative estimate of drug-likeness (QED) is 0.508. The number of fused-ring (bicyclic) bond motifs is 1. The number of hydrogen-bond acceptors (Lipinski definition) is 6. The van der Waals surface area contributed by atoms with Crippen LogP contribution in [0.1, 0.15) is 26.6 Å². The molecule has 0 spiro atoms. The zero-order valence-corrected chi connectivity index (χ0v) is 15.2. The number of alkyl halides is 3. The molecule has 3 aromatic rings. The van der Waals surface area contributed by atoms with Crippen LogP contribution in [0.2, 0.25) is 0 Å². The number of rotatable bonds is 5. The van der Waals surface area contributed by atoms with Crippen LogP contribution in [0.15, 0.2) is 30.5 Å². The van der Waals surface area contributed by atoms with Crippen molar-refractivity contribution in [1.29, 1.82) is 0 Å². The molecule has 0 bridgehead atoms. The molecule has 0 unspecified atom stereocenters. The minimum absolute atomic E-state index is 0.0799. The Morgan fingerprint density at radius 3 is 2.75 bits per heavy atom. The Hall–Kier alpha value is -3.08. The summed E-state index contributed by atoms with van der Waals surface area (Å²) < 4.78 is 38.8. The van der Waals surface area contributed by atoms with Crippen LogP contribution in [0.5, 0.6) is 0 Å². The zero-order chi connectivity index (χ0) is 20.5. The first-order valence-electron chi connectivity index (χ1n) is 8.01. The van der Waals surface area contributed by atoms with Crippen LogP contribution in [-0.4, -0.2) is 27.3 Å². The van der Waals surface area contributed by atoms with E-state index in [1.807, 2.05) is 13.0 Å². The standard InChI is InChI=1S/C17H13F3N4O3S/c1-9-3-2-5-21-11(9)4-6-22-15(25)16-23-12-7-10(17(18,19)20)8-13(24(26)27)14(12)28-16/h2-3,5,7-8H,4,6H2,1H3,(H,22,25). The molecule has 0 aliphatic heterocycles. The highest BCUT2D eigenvalue weighted by Gasteiger charge is 2.34. The zero-order valence-electron chi connectivity index (χ0n) is 14.4. The van der Waals surface area contributed by atoms with Crippen molar-refractivity contribution in [3.63, 3.8) is 0 Å². The average Bonchev–Trinajstić information content (AvgIpc) is 3.05. The Morgan fingerprint density at radius 1 is 1.36 bits per heavy atom. The van der Waals surface area contributed by atoms with Crippen LogP contribution >= 0.6 is 11.3 Å². The molecule has 11 heteroatoms. The summed E-state index contributed by atoms with van der Waals surface area (Å²) in [6.45, 7) is 2.12. The molecule has 0 aliphatic carbocycles. The molecule has 0 radical (unpaired) electrons. The van der Waals surface area contributed by atoms with Gasteiger partial charge in [0, 0.05) is 30.9 Å². The van der Waals surface area contributed by atoms with Gasteiger partial charge in [0.1, 0.15) is 4.70 Å². The molecule has 1 amide bonds. The van der Waals surface area contributed by atoms with Crippen molar-refractivity contribution in [2.24, 2.45) is 0 Å². The molecule has 3 rings (SSSR count). The first-order valence-corrected chi connectivity index (χ1v) is 8.83. The SMILES string of the molecule is Cc1cccnc1CCNC(=O)c1nc2cc(C(F)(F)F)cc([N+](=O)[O-])c2s1. The van der Waals surface area contributed by atoms with Crippen LogP contribution in [0.25, 0.3) is 10.2 Å². The van der Waals surface area contributed by atoms with Crippen LogP contribution in [0.4, 0.5) is 18.9 Å². The summed E-state index contributed by atoms with van der Waals surface area (Å²) in [5.41, 5.74) is -0.387. The number of aryl methyl sites for hydroxylation is 1. The second-order valence-electron chi connectivity index (χ2n) is 5.89. The molecule has 0 atom stereocenters. The van der Waals surface area contributed by atoms with Gasteiger partial charge in [-0.05, 0) is 24.6 Å². The smallest absolute Gasteiger partial charge is 0.350 e. The fourth-order valence-corrected chi connectivity index (χ4v) is 3.51. The van der Waals surface area contributed by atoms with Crippen molar-refractivity contribution in [3.8, 4) is 0 Å². The monoisotopic (exact) mass is 410 g/mol. The Balaban J connectivity index is 1.83. The molecule has 0 saturated heterocycles. The maximum absolute atomic E-state index is 13.0. The molecule has 1 N–H and O–H groups in total. The topological polar surface area (TPSA) is 98.0 Å². The van der Waals surface area contributed by atoms with Crippen molar-refractivity contribution >= 4 is 33.1 Å². The minimum Gasteiger partial charge on any atom is -0.350 e. The van der Waals surface area contributed by atoms with E-state index in [-0.39, 0.29) is 21.8 Å². The van der Waals surface area contributed by atoms with E-state index in [1.54, 1.807) is 12.3 Å². The molecule has 1 aromatic carbocycles. The van der Waals surface area contributed by atoms with Crippen molar-refractivity contribution < 1.29 is 22.9 Å². The Morgan fingerprint density at radius 2 is 2.11 bits per heavy atom. The van der Waals surface area contributed by atoms with E-state index in [1.165, 1.54) is 0 Å². The highest BCUT2D eigenvalue weighted by molar-refractivity contribution is 7.20. The Bertz CT molecular complexity index is 1070. The van der Waals surface area contributed by atoms with Gasteiger partial charge in [0.05, 0.1) is 16.0 Å². The van der Waals surface area contributed by atoms with E-state index in [4.69, 9.17) is 0 Å². The predicted octanol–water partition coefficient (Wildman–Crippen LogP) is 3.90. The van der Waals surface area contributed by atoms with Crippen molar-refractivity contribution in [1.82, 2.24) is 15.3 Å². The van der Waals surface area contributed by atoms with Crippen LogP contribution < -0.4 is 5.32 Å². The lowest BCUT2D eigenvalue weighted by molar-refractivity contribution is -0.383. The molecule has 28 heavy (non-hydrogen) atoms. The molecule has 0 fully saturated rings. The Labute approximate surface area is 160 Å². The van der Waals surface area contributed by atoms with Crippen molar-refractivity contribution in [2.45, 2.75) is 19.5 Å². The lowest BCUT2D eigenvalue weighted by Crippen LogP contribution is -2.25. The number of benzene rings is 1. The number of halogens is 3. The van der Waals surface area contributed by atoms with Gasteiger partial charge in [-0.25, -0.2) is 4.98 Å². The number of nitrogens with zero attached hydrogens (tertiary/aromatic N) is 3. The number of carbonyl (C=O) groups excluding carboxylic acids is 1. The van der Waals surface area contributed by atoms with Crippen LogP contribution in [-0.2, 0) is 12.6 Å². The third kappa shape index (κ3) is 4.09. The lowest BCUT2D eigenvalue weighted by Gasteiger charge is -2.05. The second-order valence-corrected chi connectivity index (χ2v) is 6.89. The molecule has 0 saturated carbocycles. The lowest BCUT2D eigenvalue weighted by atomic mass is 10.1. The van der Waals surface area contributed by atoms with Gasteiger partial charge < -0.3 is 5.32 Å². The van der Waals surface area contributed by atoms with Crippen LogP contribution in [0, 0.1) is 17.0 Å². The number of aromatic nitrogens is 2. The van der Waals surface area contributed by atoms with E-state index in [0.717, 1.165) is 11.3 Å². The van der Waals surface area contributed by atoms with Crippen molar-refractivity contribution in [2.75, 3.05) is 6.54 Å². The van der Waals surface area contributed by atoms with Gasteiger partial charge in [0.2, 0.25) is 0 Å². The summed E-state index contributed by atoms with van der Waals surface area (Å²) in [6.07, 6.45) is -2.66. The van der Waals surface area contributed by atoms with Gasteiger partial charge in [-0.1, -0.05) is 6.07 Å². The summed E-state index contributed by atoms with van der Waals surface area (Å²) in [4.78, 5) is 30.6. The number of nitrogens with one attached hydrogen (secondary N) is 1. The Kier molecular flexibility index (Phi) is 5.27. The molecular formula is C17H13F3N4O3S.